The number of aromatic nitrogens is 2. The van der Waals surface area contributed by atoms with Gasteiger partial charge in [0.2, 0.25) is 5.95 Å². The van der Waals surface area contributed by atoms with Crippen molar-refractivity contribution in [1.29, 1.82) is 0 Å². The second kappa shape index (κ2) is 6.70. The molecule has 0 bridgehead atoms. The summed E-state index contributed by atoms with van der Waals surface area (Å²) >= 11 is 0. The van der Waals surface area contributed by atoms with Crippen molar-refractivity contribution >= 4 is 11.8 Å². The first-order valence-electron chi connectivity index (χ1n) is 6.64. The number of rotatable bonds is 6. The highest BCUT2D eigenvalue weighted by atomic mass is 15.2. The molecule has 0 spiro atoms. The Balaban J connectivity index is 2.14. The molecule has 20 heavy (non-hydrogen) atoms. The van der Waals surface area contributed by atoms with Gasteiger partial charge in [-0.1, -0.05) is 36.4 Å². The molecular formula is C16H20N4. The lowest BCUT2D eigenvalue weighted by molar-refractivity contribution is 0.860. The largest absolute Gasteiger partial charge is 0.366 e. The minimum absolute atomic E-state index is 0.693. The lowest BCUT2D eigenvalue weighted by Crippen LogP contribution is -2.20. The second-order valence-corrected chi connectivity index (χ2v) is 4.71. The Morgan fingerprint density at radius 2 is 2.00 bits per heavy atom. The maximum absolute atomic E-state index is 4.52. The molecule has 1 aromatic carbocycles. The van der Waals surface area contributed by atoms with Gasteiger partial charge < -0.3 is 10.2 Å². The number of anilines is 2. The van der Waals surface area contributed by atoms with Crippen molar-refractivity contribution in [3.8, 4) is 0 Å². The molecule has 1 N–H and O–H groups in total. The first kappa shape index (κ1) is 14.1. The fourth-order valence-electron chi connectivity index (χ4n) is 1.92. The molecule has 1 aromatic heterocycles. The third-order valence-electron chi connectivity index (χ3n) is 2.87. The molecule has 0 saturated heterocycles. The summed E-state index contributed by atoms with van der Waals surface area (Å²) in [6, 6.07) is 12.2. The van der Waals surface area contributed by atoms with Crippen molar-refractivity contribution in [2.75, 3.05) is 23.8 Å². The van der Waals surface area contributed by atoms with Gasteiger partial charge in [-0.3, -0.25) is 0 Å². The fourth-order valence-corrected chi connectivity index (χ4v) is 1.92. The fraction of sp³-hybridized carbons (Fsp3) is 0.250. The van der Waals surface area contributed by atoms with Crippen molar-refractivity contribution in [1.82, 2.24) is 9.97 Å². The molecule has 2 aromatic rings. The SMILES string of the molecule is C=CCNc1cc(C)nc(N(C)Cc2ccccc2)n1. The lowest BCUT2D eigenvalue weighted by atomic mass is 10.2. The molecule has 0 aliphatic rings. The number of hydrogen-bond acceptors (Lipinski definition) is 4. The van der Waals surface area contributed by atoms with E-state index >= 15 is 0 Å². The molecule has 4 heteroatoms. The van der Waals surface area contributed by atoms with E-state index in [0.717, 1.165) is 24.0 Å². The first-order valence-corrected chi connectivity index (χ1v) is 6.64. The second-order valence-electron chi connectivity index (χ2n) is 4.71. The van der Waals surface area contributed by atoms with Gasteiger partial charge in [0, 0.05) is 31.9 Å². The van der Waals surface area contributed by atoms with Gasteiger partial charge in [-0.15, -0.1) is 6.58 Å². The zero-order chi connectivity index (χ0) is 14.4. The van der Waals surface area contributed by atoms with E-state index in [1.165, 1.54) is 5.56 Å². The maximum Gasteiger partial charge on any atom is 0.227 e. The molecule has 0 fully saturated rings. The monoisotopic (exact) mass is 268 g/mol. The zero-order valence-corrected chi connectivity index (χ0v) is 12.0. The Bertz CT molecular complexity index is 566. The average Bonchev–Trinajstić information content (AvgIpc) is 2.45. The van der Waals surface area contributed by atoms with Gasteiger partial charge in [0.15, 0.2) is 0 Å². The van der Waals surface area contributed by atoms with Gasteiger partial charge in [0.05, 0.1) is 0 Å². The van der Waals surface area contributed by atoms with Crippen LogP contribution in [-0.2, 0) is 6.54 Å². The summed E-state index contributed by atoms with van der Waals surface area (Å²) < 4.78 is 0. The molecule has 0 aliphatic heterocycles. The molecule has 0 aliphatic carbocycles. The van der Waals surface area contributed by atoms with Gasteiger partial charge in [-0.25, -0.2) is 4.98 Å². The van der Waals surface area contributed by atoms with Crippen LogP contribution < -0.4 is 10.2 Å². The van der Waals surface area contributed by atoms with Crippen LogP contribution in [0.2, 0.25) is 0 Å². The number of hydrogen-bond donors (Lipinski definition) is 1. The van der Waals surface area contributed by atoms with Crippen molar-refractivity contribution in [2.45, 2.75) is 13.5 Å². The minimum Gasteiger partial charge on any atom is -0.366 e. The number of benzene rings is 1. The number of aryl methyl sites for hydroxylation is 1. The Morgan fingerprint density at radius 1 is 1.25 bits per heavy atom. The quantitative estimate of drug-likeness (QED) is 0.818. The maximum atomic E-state index is 4.52. The molecule has 0 atom stereocenters. The average molecular weight is 268 g/mol. The van der Waals surface area contributed by atoms with Crippen LogP contribution in [0.25, 0.3) is 0 Å². The Morgan fingerprint density at radius 3 is 2.70 bits per heavy atom. The van der Waals surface area contributed by atoms with Gasteiger partial charge in [-0.05, 0) is 12.5 Å². The summed E-state index contributed by atoms with van der Waals surface area (Å²) in [5, 5.41) is 3.20. The highest BCUT2D eigenvalue weighted by Crippen LogP contribution is 2.14. The van der Waals surface area contributed by atoms with E-state index in [2.05, 4.69) is 34.0 Å². The molecule has 0 radical (unpaired) electrons. The summed E-state index contributed by atoms with van der Waals surface area (Å²) in [5.74, 6) is 1.55. The van der Waals surface area contributed by atoms with E-state index < -0.39 is 0 Å². The molecular weight excluding hydrogens is 248 g/mol. The minimum atomic E-state index is 0.693. The predicted octanol–water partition coefficient (Wildman–Crippen LogP) is 3.02. The van der Waals surface area contributed by atoms with Crippen molar-refractivity contribution in [3.63, 3.8) is 0 Å². The Labute approximate surface area is 120 Å². The van der Waals surface area contributed by atoms with E-state index in [0.29, 0.717) is 6.54 Å². The standard InChI is InChI=1S/C16H20N4/c1-4-10-17-15-11-13(2)18-16(19-15)20(3)12-14-8-6-5-7-9-14/h4-9,11H,1,10,12H2,2-3H3,(H,17,18,19). The molecule has 0 unspecified atom stereocenters. The number of nitrogens with one attached hydrogen (secondary N) is 1. The smallest absolute Gasteiger partial charge is 0.227 e. The normalized spacial score (nSPS) is 10.1. The summed E-state index contributed by atoms with van der Waals surface area (Å²) in [7, 11) is 2.00. The van der Waals surface area contributed by atoms with Crippen molar-refractivity contribution < 1.29 is 0 Å². The highest BCUT2D eigenvalue weighted by molar-refractivity contribution is 5.44. The van der Waals surface area contributed by atoms with Crippen molar-refractivity contribution in [3.05, 3.63) is 60.3 Å². The molecule has 0 amide bonds. The van der Waals surface area contributed by atoms with Crippen LogP contribution in [0.15, 0.2) is 49.1 Å². The first-order chi connectivity index (χ1) is 9.69. The van der Waals surface area contributed by atoms with Crippen LogP contribution in [0.5, 0.6) is 0 Å². The highest BCUT2D eigenvalue weighted by Gasteiger charge is 2.07. The van der Waals surface area contributed by atoms with E-state index in [4.69, 9.17) is 0 Å². The predicted molar refractivity (Wildman–Crippen MR) is 84.0 cm³/mol. The Kier molecular flexibility index (Phi) is 4.71. The number of nitrogens with zero attached hydrogens (tertiary/aromatic N) is 3. The third-order valence-corrected chi connectivity index (χ3v) is 2.87. The van der Waals surface area contributed by atoms with Gasteiger partial charge in [0.25, 0.3) is 0 Å². The van der Waals surface area contributed by atoms with Crippen LogP contribution in [0.4, 0.5) is 11.8 Å². The van der Waals surface area contributed by atoms with E-state index in [9.17, 15) is 0 Å². The summed E-state index contributed by atoms with van der Waals surface area (Å²) in [5.41, 5.74) is 2.18. The van der Waals surface area contributed by atoms with Crippen LogP contribution in [0.1, 0.15) is 11.3 Å². The lowest BCUT2D eigenvalue weighted by Gasteiger charge is -2.18. The molecule has 4 nitrogen and oxygen atoms in total. The van der Waals surface area contributed by atoms with E-state index in [1.54, 1.807) is 0 Å². The van der Waals surface area contributed by atoms with Crippen molar-refractivity contribution in [2.24, 2.45) is 0 Å². The third kappa shape index (κ3) is 3.82. The zero-order valence-electron chi connectivity index (χ0n) is 12.0. The van der Waals surface area contributed by atoms with Gasteiger partial charge >= 0.3 is 0 Å². The summed E-state index contributed by atoms with van der Waals surface area (Å²) in [6.07, 6.45) is 1.81. The van der Waals surface area contributed by atoms with E-state index in [-0.39, 0.29) is 0 Å². The molecule has 1 heterocycles. The topological polar surface area (TPSA) is 41.1 Å². The van der Waals surface area contributed by atoms with Crippen LogP contribution in [-0.4, -0.2) is 23.6 Å². The summed E-state index contributed by atoms with van der Waals surface area (Å²) in [6.45, 7) is 7.14. The van der Waals surface area contributed by atoms with Crippen LogP contribution in [0.3, 0.4) is 0 Å². The van der Waals surface area contributed by atoms with Crippen LogP contribution >= 0.6 is 0 Å². The Hall–Kier alpha value is -2.36. The van der Waals surface area contributed by atoms with Crippen LogP contribution in [0, 0.1) is 6.92 Å². The summed E-state index contributed by atoms with van der Waals surface area (Å²) in [4.78, 5) is 11.1. The van der Waals surface area contributed by atoms with Gasteiger partial charge in [-0.2, -0.15) is 4.98 Å². The van der Waals surface area contributed by atoms with E-state index in [1.807, 2.05) is 49.2 Å². The molecule has 104 valence electrons. The molecule has 2 rings (SSSR count). The molecule has 0 saturated carbocycles. The van der Waals surface area contributed by atoms with Gasteiger partial charge in [0.1, 0.15) is 5.82 Å².